The first-order chi connectivity index (χ1) is 14.3. The van der Waals surface area contributed by atoms with Crippen molar-refractivity contribution in [3.8, 4) is 0 Å². The van der Waals surface area contributed by atoms with E-state index in [1.165, 1.54) is 17.2 Å². The van der Waals surface area contributed by atoms with Crippen LogP contribution in [0.25, 0.3) is 0 Å². The minimum atomic E-state index is -0.567. The largest absolute Gasteiger partial charge is 0.349 e. The molecule has 1 aromatic heterocycles. The molecule has 7 nitrogen and oxygen atoms in total. The van der Waals surface area contributed by atoms with Crippen molar-refractivity contribution in [2.24, 2.45) is 0 Å². The van der Waals surface area contributed by atoms with Crippen LogP contribution in [0.5, 0.6) is 0 Å². The van der Waals surface area contributed by atoms with Gasteiger partial charge in [-0.15, -0.1) is 0 Å². The van der Waals surface area contributed by atoms with Gasteiger partial charge >= 0.3 is 6.03 Å². The Morgan fingerprint density at radius 3 is 2.60 bits per heavy atom. The lowest BCUT2D eigenvalue weighted by molar-refractivity contribution is -0.120. The topological polar surface area (TPSA) is 82.6 Å². The number of rotatable bonds is 4. The second-order valence-corrected chi connectivity index (χ2v) is 8.36. The maximum Gasteiger partial charge on any atom is 0.332 e. The van der Waals surface area contributed by atoms with Crippen molar-refractivity contribution in [3.63, 3.8) is 0 Å². The average molecular weight is 427 g/mol. The standard InChI is InChI=1S/C22H23ClN4O3/c1-13(2)14-3-5-17(6-4-14)27-21(29)18-12-16(8-10-26(18)22(27)30)25-20(28)15-7-9-24-19(23)11-15/h3-7,9,11,13,16,18H,8,10,12H2,1-2H3,(H,25,28)/t16-,18-/m0/s1. The number of halogens is 1. The van der Waals surface area contributed by atoms with Gasteiger partial charge in [-0.25, -0.2) is 14.7 Å². The predicted molar refractivity (Wildman–Crippen MR) is 114 cm³/mol. The summed E-state index contributed by atoms with van der Waals surface area (Å²) in [6, 6.07) is 9.54. The fourth-order valence-corrected chi connectivity index (χ4v) is 4.16. The number of fused-ring (bicyclic) bond motifs is 1. The molecule has 1 N–H and O–H groups in total. The van der Waals surface area contributed by atoms with Crippen LogP contribution < -0.4 is 10.2 Å². The fraction of sp³-hybridized carbons (Fsp3) is 0.364. The second kappa shape index (κ2) is 8.07. The molecule has 2 aliphatic heterocycles. The molecule has 4 rings (SSSR count). The summed E-state index contributed by atoms with van der Waals surface area (Å²) in [5.41, 5.74) is 2.14. The number of amides is 4. The van der Waals surface area contributed by atoms with E-state index in [1.54, 1.807) is 11.0 Å². The summed E-state index contributed by atoms with van der Waals surface area (Å²) in [5, 5.41) is 3.19. The fourth-order valence-electron chi connectivity index (χ4n) is 3.99. The summed E-state index contributed by atoms with van der Waals surface area (Å²) < 4.78 is 0. The van der Waals surface area contributed by atoms with Crippen LogP contribution in [-0.2, 0) is 4.79 Å². The molecular weight excluding hydrogens is 404 g/mol. The van der Waals surface area contributed by atoms with Crippen LogP contribution in [0, 0.1) is 0 Å². The molecule has 0 radical (unpaired) electrons. The van der Waals surface area contributed by atoms with Crippen molar-refractivity contribution in [3.05, 3.63) is 58.9 Å². The highest BCUT2D eigenvalue weighted by atomic mass is 35.5. The zero-order valence-corrected chi connectivity index (χ0v) is 17.6. The van der Waals surface area contributed by atoms with Gasteiger partial charge in [-0.2, -0.15) is 0 Å². The number of imide groups is 1. The van der Waals surface area contributed by atoms with Crippen molar-refractivity contribution >= 4 is 35.1 Å². The number of hydrogen-bond donors (Lipinski definition) is 1. The summed E-state index contributed by atoms with van der Waals surface area (Å²) in [4.78, 5) is 45.1. The van der Waals surface area contributed by atoms with E-state index in [-0.39, 0.29) is 29.0 Å². The Hall–Kier alpha value is -2.93. The van der Waals surface area contributed by atoms with E-state index in [1.807, 2.05) is 24.3 Å². The van der Waals surface area contributed by atoms with Crippen molar-refractivity contribution in [2.45, 2.75) is 44.7 Å². The smallest absolute Gasteiger partial charge is 0.332 e. The predicted octanol–water partition coefficient (Wildman–Crippen LogP) is 3.59. The monoisotopic (exact) mass is 426 g/mol. The Bertz CT molecular complexity index is 992. The Morgan fingerprint density at radius 1 is 1.20 bits per heavy atom. The zero-order chi connectivity index (χ0) is 21.4. The van der Waals surface area contributed by atoms with Crippen LogP contribution in [0.1, 0.15) is 48.5 Å². The summed E-state index contributed by atoms with van der Waals surface area (Å²) in [7, 11) is 0. The van der Waals surface area contributed by atoms with E-state index in [2.05, 4.69) is 24.1 Å². The SMILES string of the molecule is CC(C)c1ccc(N2C(=O)[C@@H]3C[C@@H](NC(=O)c4ccnc(Cl)c4)CCN3C2=O)cc1. The first kappa shape index (κ1) is 20.3. The van der Waals surface area contributed by atoms with Crippen molar-refractivity contribution < 1.29 is 14.4 Å². The molecular formula is C22H23ClN4O3. The second-order valence-electron chi connectivity index (χ2n) is 7.97. The van der Waals surface area contributed by atoms with Crippen LogP contribution in [0.4, 0.5) is 10.5 Å². The lowest BCUT2D eigenvalue weighted by atomic mass is 9.97. The molecule has 0 spiro atoms. The van der Waals surface area contributed by atoms with Crippen LogP contribution in [0.3, 0.4) is 0 Å². The Morgan fingerprint density at radius 2 is 1.93 bits per heavy atom. The Kier molecular flexibility index (Phi) is 5.47. The van der Waals surface area contributed by atoms with Gasteiger partial charge in [0.25, 0.3) is 11.8 Å². The summed E-state index contributed by atoms with van der Waals surface area (Å²) in [6.45, 7) is 4.60. The number of urea groups is 1. The van der Waals surface area contributed by atoms with Gasteiger partial charge in [-0.3, -0.25) is 9.59 Å². The van der Waals surface area contributed by atoms with Crippen LogP contribution in [0.2, 0.25) is 5.15 Å². The van der Waals surface area contributed by atoms with Crippen LogP contribution in [-0.4, -0.2) is 46.4 Å². The lowest BCUT2D eigenvalue weighted by Gasteiger charge is -2.32. The Balaban J connectivity index is 1.47. The number of nitrogens with zero attached hydrogens (tertiary/aromatic N) is 3. The number of carbonyl (C=O) groups excluding carboxylic acids is 3. The quantitative estimate of drug-likeness (QED) is 0.598. The maximum absolute atomic E-state index is 13.0. The normalized spacial score (nSPS) is 21.2. The maximum atomic E-state index is 13.0. The molecule has 2 aliphatic rings. The third kappa shape index (κ3) is 3.77. The number of nitrogens with one attached hydrogen (secondary N) is 1. The number of anilines is 1. The number of benzene rings is 1. The molecule has 30 heavy (non-hydrogen) atoms. The van der Waals surface area contributed by atoms with E-state index < -0.39 is 6.04 Å². The van der Waals surface area contributed by atoms with Crippen LogP contribution in [0.15, 0.2) is 42.6 Å². The van der Waals surface area contributed by atoms with E-state index in [9.17, 15) is 14.4 Å². The first-order valence-electron chi connectivity index (χ1n) is 10.0. The average Bonchev–Trinajstić information content (AvgIpc) is 2.98. The molecule has 2 atom stereocenters. The molecule has 0 aliphatic carbocycles. The molecule has 2 aromatic rings. The zero-order valence-electron chi connectivity index (χ0n) is 16.8. The molecule has 0 unspecified atom stereocenters. The summed E-state index contributed by atoms with van der Waals surface area (Å²) in [5.74, 6) is -0.145. The van der Waals surface area contributed by atoms with E-state index in [0.717, 1.165) is 5.56 Å². The van der Waals surface area contributed by atoms with E-state index >= 15 is 0 Å². The molecule has 2 fully saturated rings. The summed E-state index contributed by atoms with van der Waals surface area (Å²) in [6.07, 6.45) is 2.44. The molecule has 156 valence electrons. The van der Waals surface area contributed by atoms with Gasteiger partial charge in [0.15, 0.2) is 0 Å². The number of piperidine rings is 1. The summed E-state index contributed by atoms with van der Waals surface area (Å²) >= 11 is 5.86. The van der Waals surface area contributed by atoms with Gasteiger partial charge in [0.1, 0.15) is 11.2 Å². The molecule has 1 aromatic carbocycles. The van der Waals surface area contributed by atoms with Gasteiger partial charge in [0.2, 0.25) is 0 Å². The van der Waals surface area contributed by atoms with Gasteiger partial charge < -0.3 is 10.2 Å². The van der Waals surface area contributed by atoms with E-state index in [4.69, 9.17) is 11.6 Å². The van der Waals surface area contributed by atoms with E-state index in [0.29, 0.717) is 36.6 Å². The highest BCUT2D eigenvalue weighted by Gasteiger charge is 2.48. The number of carbonyl (C=O) groups is 3. The number of aromatic nitrogens is 1. The highest BCUT2D eigenvalue weighted by molar-refractivity contribution is 6.29. The third-order valence-corrected chi connectivity index (χ3v) is 5.89. The molecule has 8 heteroatoms. The Labute approximate surface area is 180 Å². The van der Waals surface area contributed by atoms with Crippen molar-refractivity contribution in [1.82, 2.24) is 15.2 Å². The van der Waals surface area contributed by atoms with Gasteiger partial charge in [0, 0.05) is 24.3 Å². The molecule has 4 amide bonds. The lowest BCUT2D eigenvalue weighted by Crippen LogP contribution is -2.49. The number of hydrogen-bond acceptors (Lipinski definition) is 4. The van der Waals surface area contributed by atoms with Gasteiger partial charge in [-0.1, -0.05) is 37.6 Å². The van der Waals surface area contributed by atoms with Gasteiger partial charge in [0.05, 0.1) is 5.69 Å². The molecule has 0 saturated carbocycles. The van der Waals surface area contributed by atoms with Gasteiger partial charge in [-0.05, 0) is 48.6 Å². The minimum Gasteiger partial charge on any atom is -0.349 e. The minimum absolute atomic E-state index is 0.203. The molecule has 2 saturated heterocycles. The molecule has 0 bridgehead atoms. The van der Waals surface area contributed by atoms with Crippen LogP contribution >= 0.6 is 11.6 Å². The van der Waals surface area contributed by atoms with Crippen molar-refractivity contribution in [2.75, 3.05) is 11.4 Å². The third-order valence-electron chi connectivity index (χ3n) is 5.69. The molecule has 3 heterocycles. The number of pyridine rings is 1. The first-order valence-corrected chi connectivity index (χ1v) is 10.4. The highest BCUT2D eigenvalue weighted by Crippen LogP contribution is 2.31. The van der Waals surface area contributed by atoms with Crippen molar-refractivity contribution in [1.29, 1.82) is 0 Å².